The molecule has 8 aromatic carbocycles. The lowest BCUT2D eigenvalue weighted by atomic mass is 10.0. The van der Waals surface area contributed by atoms with Crippen molar-refractivity contribution in [3.8, 4) is 11.1 Å². The highest BCUT2D eigenvalue weighted by atomic mass is 32.2. The molecule has 0 aliphatic heterocycles. The minimum atomic E-state index is -5.39. The van der Waals surface area contributed by atoms with Crippen LogP contribution in [0.1, 0.15) is 148 Å². The predicted molar refractivity (Wildman–Crippen MR) is 462 cm³/mol. The van der Waals surface area contributed by atoms with Gasteiger partial charge in [0.15, 0.2) is 0 Å². The van der Waals surface area contributed by atoms with E-state index in [9.17, 15) is 71.1 Å². The Balaban J connectivity index is 0.936. The molecule has 0 aliphatic rings. The molecule has 0 spiro atoms. The maximum absolute atomic E-state index is 13.7. The molecule has 120 heavy (non-hydrogen) atoms. The summed E-state index contributed by atoms with van der Waals surface area (Å²) < 4.78 is 150. The van der Waals surface area contributed by atoms with E-state index in [2.05, 4.69) is 72.4 Å². The Hall–Kier alpha value is -12.3. The third kappa shape index (κ3) is 24.0. The summed E-state index contributed by atoms with van der Waals surface area (Å²) in [5, 5.41) is 23.8. The predicted octanol–water partition coefficient (Wildman–Crippen LogP) is 15.7. The van der Waals surface area contributed by atoms with Gasteiger partial charge in [-0.1, -0.05) is 91.8 Å². The number of amides is 4. The number of nitrogens with zero attached hydrogens (tertiary/aromatic N) is 10. The van der Waals surface area contributed by atoms with Gasteiger partial charge < -0.3 is 62.1 Å². The van der Waals surface area contributed by atoms with E-state index in [1.807, 2.05) is 55.4 Å². The first kappa shape index (κ1) is 90.0. The fraction of sp³-hybridized carbons (Fsp3) is 0.293. The van der Waals surface area contributed by atoms with Gasteiger partial charge in [-0.2, -0.15) is 63.6 Å². The topological polar surface area (TPSA) is 472 Å². The van der Waals surface area contributed by atoms with Crippen molar-refractivity contribution in [3.05, 3.63) is 192 Å². The number of benzene rings is 8. The van der Waals surface area contributed by atoms with Gasteiger partial charge in [-0.3, -0.25) is 37.4 Å². The smallest absolute Gasteiger partial charge is 0.296 e. The summed E-state index contributed by atoms with van der Waals surface area (Å²) in [4.78, 5) is 85.7. The molecule has 12 N–H and O–H groups in total. The normalized spacial score (nSPS) is 11.6. The van der Waals surface area contributed by atoms with Crippen LogP contribution in [0.3, 0.4) is 0 Å². The van der Waals surface area contributed by atoms with Gasteiger partial charge in [-0.25, -0.2) is 0 Å². The summed E-state index contributed by atoms with van der Waals surface area (Å²) in [5.74, 6) is -1.44. The molecule has 0 radical (unpaired) electrons. The van der Waals surface area contributed by atoms with E-state index in [-0.39, 0.29) is 93.4 Å². The van der Waals surface area contributed by atoms with Crippen molar-refractivity contribution in [2.45, 2.75) is 126 Å². The highest BCUT2D eigenvalue weighted by Gasteiger charge is 2.29. The third-order valence-corrected chi connectivity index (χ3v) is 21.8. The zero-order valence-electron chi connectivity index (χ0n) is 67.3. The zero-order valence-corrected chi connectivity index (χ0v) is 70.5. The minimum Gasteiger partial charge on any atom is -0.354 e. The molecule has 0 unspecified atom stereocenters. The van der Waals surface area contributed by atoms with Crippen LogP contribution in [0.2, 0.25) is 0 Å². The van der Waals surface area contributed by atoms with Gasteiger partial charge in [-0.15, -0.1) is 0 Å². The van der Waals surface area contributed by atoms with Crippen molar-refractivity contribution in [1.82, 2.24) is 49.5 Å². The summed E-state index contributed by atoms with van der Waals surface area (Å²) in [5.41, 5.74) is 0.775. The zero-order chi connectivity index (χ0) is 86.6. The molecular weight excluding hydrogens is 1620 g/mol. The highest BCUT2D eigenvalue weighted by molar-refractivity contribution is 7.87. The van der Waals surface area contributed by atoms with Crippen LogP contribution < -0.4 is 42.5 Å². The number of hydrogen-bond acceptors (Lipinski definition) is 26. The van der Waals surface area contributed by atoms with Crippen molar-refractivity contribution in [2.24, 2.45) is 0 Å². The van der Waals surface area contributed by atoms with Gasteiger partial charge in [0.05, 0.1) is 11.4 Å². The second kappa shape index (κ2) is 40.4. The standard InChI is InChI=1S/C82H96N18O16S4/c1-9-37-97(38-10-2)73(101)53-21-17-25-57(45-53)85-77-91-78(86-58-26-18-22-54(46-58)74(102)98(39-11-3)40-12-4)94-81(93-77)89-63-31-35-67(71(51-63)119(111,112)113)83-61-29-33-65(69(49-61)117(105,106)107)66-34-30-62(50-70(66)118(108,109)110)84-68-36-32-64(52-72(68)120(114,115)116)90-82-95-79(87-59-27-19-23-55(47-59)75(103)99(41-13-5)42-14-6)92-80(96-82)88-60-28-20-24-56(48-60)76(104)100(43-15-7)44-16-8/h17-36,45-52,83-84H,9-16,37-44H2,1-8H3,(H,105,106,107)(H,108,109,110)(H,111,112,113)(H,114,115,116)(H3,85,86,89,91,93,94)(H3,87,88,90,92,95,96). The molecule has 4 amide bonds. The van der Waals surface area contributed by atoms with Crippen LogP contribution in [-0.2, 0) is 40.5 Å². The number of hydrogen-bond donors (Lipinski definition) is 12. The first-order chi connectivity index (χ1) is 57.2. The van der Waals surface area contributed by atoms with Crippen molar-refractivity contribution in [3.63, 3.8) is 0 Å². The molecule has 10 rings (SSSR count). The minimum absolute atomic E-state index is 0.0439. The number of carbonyl (C=O) groups is 4. The van der Waals surface area contributed by atoms with E-state index in [0.717, 1.165) is 99.9 Å². The van der Waals surface area contributed by atoms with Gasteiger partial charge in [0.1, 0.15) is 19.6 Å². The maximum Gasteiger partial charge on any atom is 0.296 e. The average molecular weight is 1720 g/mol. The molecule has 634 valence electrons. The Morgan fingerprint density at radius 1 is 0.258 bits per heavy atom. The first-order valence-electron chi connectivity index (χ1n) is 38.9. The molecule has 0 aliphatic carbocycles. The van der Waals surface area contributed by atoms with Gasteiger partial charge in [0.2, 0.25) is 35.7 Å². The van der Waals surface area contributed by atoms with E-state index < -0.39 is 71.2 Å². The Bertz CT molecular complexity index is 5330. The van der Waals surface area contributed by atoms with Crippen molar-refractivity contribution in [2.75, 3.05) is 94.9 Å². The molecule has 38 heteroatoms. The van der Waals surface area contributed by atoms with Crippen LogP contribution in [0.25, 0.3) is 11.1 Å². The highest BCUT2D eigenvalue weighted by Crippen LogP contribution is 2.40. The second-order valence-corrected chi connectivity index (χ2v) is 33.4. The van der Waals surface area contributed by atoms with Crippen molar-refractivity contribution >= 4 is 157 Å². The molecule has 0 bridgehead atoms. The van der Waals surface area contributed by atoms with E-state index in [0.29, 0.717) is 97.4 Å². The molecule has 2 heterocycles. The van der Waals surface area contributed by atoms with E-state index in [1.54, 1.807) is 117 Å². The molecule has 0 saturated carbocycles. The first-order valence-corrected chi connectivity index (χ1v) is 44.7. The second-order valence-electron chi connectivity index (χ2n) is 27.8. The lowest BCUT2D eigenvalue weighted by Crippen LogP contribution is -2.32. The maximum atomic E-state index is 13.7. The number of anilines is 16. The third-order valence-electron chi connectivity index (χ3n) is 18.2. The number of rotatable bonds is 41. The lowest BCUT2D eigenvalue weighted by molar-refractivity contribution is 0.0748. The van der Waals surface area contributed by atoms with Gasteiger partial charge >= 0.3 is 0 Å². The fourth-order valence-corrected chi connectivity index (χ4v) is 16.0. The fourth-order valence-electron chi connectivity index (χ4n) is 13.1. The average Bonchev–Trinajstić information content (AvgIpc) is 0.752. The summed E-state index contributed by atoms with van der Waals surface area (Å²) in [7, 11) is -21.2. The Morgan fingerprint density at radius 2 is 0.450 bits per heavy atom. The molecule has 0 fully saturated rings. The summed E-state index contributed by atoms with van der Waals surface area (Å²) in [6, 6.07) is 39.7. The quantitative estimate of drug-likeness (QED) is 0.0158. The van der Waals surface area contributed by atoms with Crippen molar-refractivity contribution in [1.29, 1.82) is 0 Å². The summed E-state index contributed by atoms with van der Waals surface area (Å²) >= 11 is 0. The lowest BCUT2D eigenvalue weighted by Gasteiger charge is -2.22. The summed E-state index contributed by atoms with van der Waals surface area (Å²) in [6.07, 6.45) is 5.94. The summed E-state index contributed by atoms with van der Waals surface area (Å²) in [6.45, 7) is 20.1. The molecule has 0 atom stereocenters. The number of nitrogens with one attached hydrogen (secondary N) is 8. The number of aromatic nitrogens is 6. The van der Waals surface area contributed by atoms with Gasteiger partial charge in [0.25, 0.3) is 64.1 Å². The van der Waals surface area contributed by atoms with Crippen LogP contribution >= 0.6 is 0 Å². The molecule has 10 aromatic rings. The Labute approximate surface area is 697 Å². The molecule has 34 nitrogen and oxygen atoms in total. The molecule has 2 aromatic heterocycles. The van der Waals surface area contributed by atoms with Crippen LogP contribution in [-0.4, -0.2) is 177 Å². The van der Waals surface area contributed by atoms with Crippen molar-refractivity contribution < 1.29 is 71.1 Å². The van der Waals surface area contributed by atoms with Gasteiger partial charge in [0, 0.05) is 131 Å². The monoisotopic (exact) mass is 1720 g/mol. The molecule has 0 saturated heterocycles. The van der Waals surface area contributed by atoms with Crippen LogP contribution in [0.15, 0.2) is 189 Å². The molecular formula is C82H96N18O16S4. The van der Waals surface area contributed by atoms with E-state index in [4.69, 9.17) is 0 Å². The largest absolute Gasteiger partial charge is 0.354 e. The Morgan fingerprint density at radius 3 is 0.658 bits per heavy atom. The van der Waals surface area contributed by atoms with E-state index >= 15 is 0 Å². The SMILES string of the molecule is CCCN(CCC)C(=O)c1cccc(Nc2nc(Nc3cccc(C(=O)N(CCC)CCC)c3)nc(Nc3ccc(Nc4ccc(-c5ccc(Nc6ccc(Nc7nc(Nc8cccc(C(=O)N(CCC)CCC)c8)nc(Nc8cccc(C(=O)N(CCC)CCC)c8)n7)cc6S(=O)(=O)O)cc5S(=O)(=O)O)c(S(=O)(=O)O)c4)c(S(=O)(=O)O)c3)n2)c1. The van der Waals surface area contributed by atoms with Crippen LogP contribution in [0.5, 0.6) is 0 Å². The van der Waals surface area contributed by atoms with Crippen LogP contribution in [0, 0.1) is 0 Å². The van der Waals surface area contributed by atoms with Gasteiger partial charge in [-0.05, 0) is 185 Å². The Kier molecular flexibility index (Phi) is 30.3. The van der Waals surface area contributed by atoms with E-state index in [1.165, 1.54) is 24.3 Å². The van der Waals surface area contributed by atoms with Crippen LogP contribution in [0.4, 0.5) is 92.6 Å². The number of carbonyl (C=O) groups excluding carboxylic acids is 4.